The molecule has 0 radical (unpaired) electrons. The molecule has 2 N–H and O–H groups in total. The Bertz CT molecular complexity index is 1150. The molecule has 0 aliphatic carbocycles. The van der Waals surface area contributed by atoms with Crippen molar-refractivity contribution in [2.45, 2.75) is 45.2 Å². The predicted octanol–water partition coefficient (Wildman–Crippen LogP) is 4.72. The van der Waals surface area contributed by atoms with E-state index in [1.807, 2.05) is 0 Å². The van der Waals surface area contributed by atoms with Crippen LogP contribution >= 0.6 is 11.6 Å². The SMILES string of the molecule is COCCCN1CCN(c2ccc(-c3nc4c(NC5CCN(C(C)C)CC5)c(Cl)cnc4[nH]3)cc2)CC1. The number of fused-ring (bicyclic) bond motifs is 1. The number of aromatic amines is 1. The topological polar surface area (TPSA) is 72.6 Å². The Balaban J connectivity index is 1.25. The standard InChI is InChI=1S/C28H40ClN7O/c1-20(2)35-12-9-22(10-13-35)31-25-24(29)19-30-28-26(25)32-27(33-28)21-5-7-23(8-6-21)36-16-14-34(15-17-36)11-4-18-37-3/h5-8,19-20,22H,4,9-18H2,1-3H3,(H2,30,31,32,33). The van der Waals surface area contributed by atoms with E-state index in [0.717, 1.165) is 99.9 Å². The monoisotopic (exact) mass is 525 g/mol. The molecule has 2 saturated heterocycles. The molecule has 0 amide bonds. The van der Waals surface area contributed by atoms with Crippen molar-refractivity contribution >= 4 is 34.1 Å². The van der Waals surface area contributed by atoms with Gasteiger partial charge in [0.1, 0.15) is 11.3 Å². The summed E-state index contributed by atoms with van der Waals surface area (Å²) in [5, 5.41) is 4.31. The van der Waals surface area contributed by atoms with E-state index in [1.165, 1.54) is 5.69 Å². The Morgan fingerprint density at radius 1 is 1.08 bits per heavy atom. The van der Waals surface area contributed by atoms with E-state index >= 15 is 0 Å². The van der Waals surface area contributed by atoms with Crippen LogP contribution in [-0.2, 0) is 4.74 Å². The summed E-state index contributed by atoms with van der Waals surface area (Å²) in [5.41, 5.74) is 4.76. The molecule has 9 heteroatoms. The third-order valence-corrected chi connectivity index (χ3v) is 8.06. The number of hydrogen-bond acceptors (Lipinski definition) is 7. The number of nitrogens with zero attached hydrogens (tertiary/aromatic N) is 5. The number of likely N-dealkylation sites (tertiary alicyclic amines) is 1. The Labute approximate surface area is 225 Å². The molecular formula is C28H40ClN7O. The predicted molar refractivity (Wildman–Crippen MR) is 153 cm³/mol. The quantitative estimate of drug-likeness (QED) is 0.391. The number of imidazole rings is 1. The largest absolute Gasteiger partial charge is 0.385 e. The van der Waals surface area contributed by atoms with E-state index in [9.17, 15) is 0 Å². The summed E-state index contributed by atoms with van der Waals surface area (Å²) in [6, 6.07) is 9.67. The average Bonchev–Trinajstić information content (AvgIpc) is 3.36. The molecule has 1 aromatic carbocycles. The highest BCUT2D eigenvalue weighted by Gasteiger charge is 2.23. The molecular weight excluding hydrogens is 486 g/mol. The summed E-state index contributed by atoms with van der Waals surface area (Å²) in [6.07, 6.45) is 5.00. The van der Waals surface area contributed by atoms with Crippen LogP contribution in [0, 0.1) is 0 Å². The Hall–Kier alpha value is -2.39. The molecule has 0 bridgehead atoms. The highest BCUT2D eigenvalue weighted by molar-refractivity contribution is 6.34. The molecule has 4 heterocycles. The average molecular weight is 526 g/mol. The van der Waals surface area contributed by atoms with Gasteiger partial charge in [0, 0.05) is 82.9 Å². The second-order valence-electron chi connectivity index (χ2n) is 10.5. The van der Waals surface area contributed by atoms with E-state index in [0.29, 0.717) is 17.1 Å². The van der Waals surface area contributed by atoms with Gasteiger partial charge in [-0.1, -0.05) is 11.6 Å². The lowest BCUT2D eigenvalue weighted by Gasteiger charge is -2.36. The Kier molecular flexibility index (Phi) is 8.49. The van der Waals surface area contributed by atoms with Gasteiger partial charge < -0.3 is 24.8 Å². The molecule has 2 aliphatic heterocycles. The number of piperazine rings is 1. The van der Waals surface area contributed by atoms with Crippen LogP contribution in [0.5, 0.6) is 0 Å². The number of H-pyrrole nitrogens is 1. The van der Waals surface area contributed by atoms with Crippen LogP contribution in [0.25, 0.3) is 22.6 Å². The third-order valence-electron chi connectivity index (χ3n) is 7.78. The third kappa shape index (κ3) is 6.20. The zero-order valence-corrected chi connectivity index (χ0v) is 23.1. The molecule has 2 aromatic heterocycles. The summed E-state index contributed by atoms with van der Waals surface area (Å²) in [7, 11) is 1.77. The number of benzene rings is 1. The zero-order valence-electron chi connectivity index (χ0n) is 22.3. The van der Waals surface area contributed by atoms with Gasteiger partial charge in [0.25, 0.3) is 0 Å². The van der Waals surface area contributed by atoms with Gasteiger partial charge in [0.05, 0.1) is 16.9 Å². The van der Waals surface area contributed by atoms with Gasteiger partial charge in [-0.25, -0.2) is 9.97 Å². The molecule has 5 rings (SSSR count). The van der Waals surface area contributed by atoms with E-state index in [1.54, 1.807) is 13.3 Å². The summed E-state index contributed by atoms with van der Waals surface area (Å²) in [5.74, 6) is 0.817. The maximum Gasteiger partial charge on any atom is 0.159 e. The van der Waals surface area contributed by atoms with Gasteiger partial charge >= 0.3 is 0 Å². The first-order valence-corrected chi connectivity index (χ1v) is 14.0. The first kappa shape index (κ1) is 26.2. The van der Waals surface area contributed by atoms with Crippen molar-refractivity contribution in [3.8, 4) is 11.4 Å². The summed E-state index contributed by atoms with van der Waals surface area (Å²) in [6.45, 7) is 12.9. The highest BCUT2D eigenvalue weighted by Crippen LogP contribution is 2.32. The number of ether oxygens (including phenoxy) is 1. The highest BCUT2D eigenvalue weighted by atomic mass is 35.5. The first-order chi connectivity index (χ1) is 18.0. The number of hydrogen-bond donors (Lipinski definition) is 2. The maximum absolute atomic E-state index is 6.60. The van der Waals surface area contributed by atoms with Crippen molar-refractivity contribution in [2.24, 2.45) is 0 Å². The molecule has 0 spiro atoms. The Morgan fingerprint density at radius 2 is 1.81 bits per heavy atom. The molecule has 3 aromatic rings. The van der Waals surface area contributed by atoms with Crippen LogP contribution in [0.2, 0.25) is 5.02 Å². The van der Waals surface area contributed by atoms with E-state index in [2.05, 4.69) is 68.1 Å². The lowest BCUT2D eigenvalue weighted by molar-refractivity contribution is 0.169. The van der Waals surface area contributed by atoms with Crippen LogP contribution < -0.4 is 10.2 Å². The number of anilines is 2. The molecule has 37 heavy (non-hydrogen) atoms. The van der Waals surface area contributed by atoms with Crippen LogP contribution in [0.1, 0.15) is 33.1 Å². The van der Waals surface area contributed by atoms with Crippen molar-refractivity contribution < 1.29 is 4.74 Å². The second-order valence-corrected chi connectivity index (χ2v) is 10.9. The van der Waals surface area contributed by atoms with Crippen molar-refractivity contribution in [2.75, 3.05) is 69.7 Å². The van der Waals surface area contributed by atoms with Crippen LogP contribution in [0.4, 0.5) is 11.4 Å². The molecule has 0 saturated carbocycles. The Morgan fingerprint density at radius 3 is 2.49 bits per heavy atom. The van der Waals surface area contributed by atoms with E-state index < -0.39 is 0 Å². The van der Waals surface area contributed by atoms with Gasteiger partial charge in [-0.3, -0.25) is 4.90 Å². The molecule has 200 valence electrons. The van der Waals surface area contributed by atoms with Crippen LogP contribution in [0.15, 0.2) is 30.5 Å². The second kappa shape index (κ2) is 12.0. The fourth-order valence-electron chi connectivity index (χ4n) is 5.46. The van der Waals surface area contributed by atoms with Crippen molar-refractivity contribution in [1.29, 1.82) is 0 Å². The van der Waals surface area contributed by atoms with Crippen molar-refractivity contribution in [1.82, 2.24) is 24.8 Å². The number of pyridine rings is 1. The van der Waals surface area contributed by atoms with Gasteiger partial charge in [-0.05, 0) is 57.4 Å². The molecule has 0 atom stereocenters. The normalized spacial score (nSPS) is 18.2. The van der Waals surface area contributed by atoms with Crippen LogP contribution in [0.3, 0.4) is 0 Å². The number of methoxy groups -OCH3 is 1. The first-order valence-electron chi connectivity index (χ1n) is 13.6. The number of rotatable bonds is 9. The van der Waals surface area contributed by atoms with Crippen LogP contribution in [-0.4, -0.2) is 96.4 Å². The minimum absolute atomic E-state index is 0.387. The number of nitrogens with one attached hydrogen (secondary N) is 2. The smallest absolute Gasteiger partial charge is 0.159 e. The zero-order chi connectivity index (χ0) is 25.8. The summed E-state index contributed by atoms with van der Waals surface area (Å²) >= 11 is 6.60. The molecule has 2 fully saturated rings. The molecule has 0 unspecified atom stereocenters. The lowest BCUT2D eigenvalue weighted by Crippen LogP contribution is -2.46. The van der Waals surface area contributed by atoms with Gasteiger partial charge in [-0.2, -0.15) is 0 Å². The fraction of sp³-hybridized carbons (Fsp3) is 0.571. The number of piperidine rings is 1. The maximum atomic E-state index is 6.60. The van der Waals surface area contributed by atoms with Gasteiger partial charge in [0.2, 0.25) is 0 Å². The fourth-order valence-corrected chi connectivity index (χ4v) is 5.65. The van der Waals surface area contributed by atoms with Gasteiger partial charge in [0.15, 0.2) is 5.65 Å². The van der Waals surface area contributed by atoms with E-state index in [4.69, 9.17) is 21.3 Å². The van der Waals surface area contributed by atoms with E-state index in [-0.39, 0.29) is 0 Å². The van der Waals surface area contributed by atoms with Crippen molar-refractivity contribution in [3.63, 3.8) is 0 Å². The lowest BCUT2D eigenvalue weighted by atomic mass is 10.0. The minimum Gasteiger partial charge on any atom is -0.385 e. The number of halogens is 1. The van der Waals surface area contributed by atoms with Crippen molar-refractivity contribution in [3.05, 3.63) is 35.5 Å². The molecule has 8 nitrogen and oxygen atoms in total. The minimum atomic E-state index is 0.387. The number of aromatic nitrogens is 3. The summed E-state index contributed by atoms with van der Waals surface area (Å²) < 4.78 is 5.19. The molecule has 2 aliphatic rings. The van der Waals surface area contributed by atoms with Gasteiger partial charge in [-0.15, -0.1) is 0 Å². The summed E-state index contributed by atoms with van der Waals surface area (Å²) in [4.78, 5) is 20.4.